The number of oxazole rings is 1. The first-order valence-corrected chi connectivity index (χ1v) is 11.1. The first-order chi connectivity index (χ1) is 13.9. The fraction of sp³-hybridized carbons (Fsp3) is 0.696. The van der Waals surface area contributed by atoms with E-state index in [-0.39, 0.29) is 23.0 Å². The summed E-state index contributed by atoms with van der Waals surface area (Å²) in [5, 5.41) is 0. The Morgan fingerprint density at radius 2 is 1.59 bits per heavy atom. The Morgan fingerprint density at radius 3 is 2.28 bits per heavy atom. The van der Waals surface area contributed by atoms with Gasteiger partial charge in [-0.3, -0.25) is 4.57 Å². The fourth-order valence-electron chi connectivity index (χ4n) is 5.27. The van der Waals surface area contributed by atoms with Gasteiger partial charge < -0.3 is 18.8 Å². The number of aromatic nitrogens is 1. The summed E-state index contributed by atoms with van der Waals surface area (Å²) >= 11 is 0. The van der Waals surface area contributed by atoms with Crippen LogP contribution in [-0.2, 0) is 9.47 Å². The molecule has 0 bridgehead atoms. The zero-order chi connectivity index (χ0) is 20.1. The molecule has 1 aliphatic carbocycles. The molecular formula is C23H32N2O4. The van der Waals surface area contributed by atoms with Gasteiger partial charge >= 0.3 is 5.76 Å². The highest BCUT2D eigenvalue weighted by Crippen LogP contribution is 2.41. The standard InChI is InChI=1S/C23H32N2O4/c1-22(2)15-27-23(28-16-22)11-7-17(8-12-23)24-13-9-18(10-14-24)25-19-5-3-4-6-20(19)29-21(25)26/h3-6,17-18H,7-16H2,1-2H3. The number of piperidine rings is 1. The summed E-state index contributed by atoms with van der Waals surface area (Å²) in [5.74, 6) is -0.563. The molecule has 1 aromatic heterocycles. The van der Waals surface area contributed by atoms with E-state index in [1.807, 2.05) is 28.8 Å². The Hall–Kier alpha value is -1.63. The maximum absolute atomic E-state index is 12.4. The molecule has 2 aliphatic heterocycles. The zero-order valence-electron chi connectivity index (χ0n) is 17.6. The smallest absolute Gasteiger partial charge is 0.408 e. The average Bonchev–Trinajstić information content (AvgIpc) is 3.07. The van der Waals surface area contributed by atoms with Crippen LogP contribution in [0.1, 0.15) is 58.4 Å². The van der Waals surface area contributed by atoms with Crippen LogP contribution in [0.25, 0.3) is 11.1 Å². The third-order valence-corrected chi connectivity index (χ3v) is 7.07. The molecule has 5 rings (SSSR count). The monoisotopic (exact) mass is 400 g/mol. The van der Waals surface area contributed by atoms with Gasteiger partial charge in [-0.15, -0.1) is 0 Å². The van der Waals surface area contributed by atoms with Gasteiger partial charge in [0.15, 0.2) is 11.4 Å². The lowest BCUT2D eigenvalue weighted by Crippen LogP contribution is -2.52. The molecule has 158 valence electrons. The van der Waals surface area contributed by atoms with Gasteiger partial charge in [-0.25, -0.2) is 4.79 Å². The molecule has 1 aromatic carbocycles. The summed E-state index contributed by atoms with van der Waals surface area (Å²) in [6.45, 7) is 8.04. The van der Waals surface area contributed by atoms with Gasteiger partial charge in [0, 0.05) is 43.4 Å². The lowest BCUT2D eigenvalue weighted by atomic mass is 9.85. The van der Waals surface area contributed by atoms with Crippen LogP contribution in [0.15, 0.2) is 33.5 Å². The molecular weight excluding hydrogens is 368 g/mol. The van der Waals surface area contributed by atoms with Gasteiger partial charge in [-0.05, 0) is 37.8 Å². The summed E-state index contributed by atoms with van der Waals surface area (Å²) in [6, 6.07) is 8.56. The van der Waals surface area contributed by atoms with Crippen molar-refractivity contribution in [2.75, 3.05) is 26.3 Å². The minimum atomic E-state index is -0.340. The van der Waals surface area contributed by atoms with Crippen LogP contribution >= 0.6 is 0 Å². The van der Waals surface area contributed by atoms with Gasteiger partial charge in [-0.2, -0.15) is 0 Å². The van der Waals surface area contributed by atoms with Crippen molar-refractivity contribution >= 4 is 11.1 Å². The quantitative estimate of drug-likeness (QED) is 0.764. The zero-order valence-corrected chi connectivity index (χ0v) is 17.6. The van der Waals surface area contributed by atoms with E-state index in [1.165, 1.54) is 0 Å². The number of benzene rings is 1. The maximum atomic E-state index is 12.4. The van der Waals surface area contributed by atoms with Crippen molar-refractivity contribution in [3.8, 4) is 0 Å². The summed E-state index contributed by atoms with van der Waals surface area (Å²) in [4.78, 5) is 15.0. The van der Waals surface area contributed by atoms with Crippen molar-refractivity contribution in [1.82, 2.24) is 9.47 Å². The molecule has 6 heteroatoms. The number of fused-ring (bicyclic) bond motifs is 1. The fourth-order valence-corrected chi connectivity index (χ4v) is 5.27. The third-order valence-electron chi connectivity index (χ3n) is 7.07. The second kappa shape index (κ2) is 7.25. The van der Waals surface area contributed by atoms with Gasteiger partial charge in [0.2, 0.25) is 0 Å². The van der Waals surface area contributed by atoms with Gasteiger partial charge in [0.05, 0.1) is 18.7 Å². The maximum Gasteiger partial charge on any atom is 0.420 e. The average molecular weight is 401 g/mol. The Morgan fingerprint density at radius 1 is 0.931 bits per heavy atom. The number of likely N-dealkylation sites (tertiary alicyclic amines) is 1. The molecule has 29 heavy (non-hydrogen) atoms. The van der Waals surface area contributed by atoms with E-state index >= 15 is 0 Å². The van der Waals surface area contributed by atoms with Crippen LogP contribution in [0, 0.1) is 5.41 Å². The molecule has 0 N–H and O–H groups in total. The minimum absolute atomic E-state index is 0.124. The molecule has 2 saturated heterocycles. The van der Waals surface area contributed by atoms with E-state index in [9.17, 15) is 4.79 Å². The van der Waals surface area contributed by atoms with Crippen molar-refractivity contribution in [3.63, 3.8) is 0 Å². The summed E-state index contributed by atoms with van der Waals surface area (Å²) in [6.07, 6.45) is 6.21. The van der Waals surface area contributed by atoms with E-state index in [0.29, 0.717) is 11.6 Å². The van der Waals surface area contributed by atoms with Crippen molar-refractivity contribution in [2.24, 2.45) is 5.41 Å². The Bertz CT molecular complexity index is 902. The summed E-state index contributed by atoms with van der Waals surface area (Å²) < 4.78 is 19.7. The first kappa shape index (κ1) is 19.3. The number of ether oxygens (including phenoxy) is 2. The number of hydrogen-bond donors (Lipinski definition) is 0. The van der Waals surface area contributed by atoms with E-state index < -0.39 is 0 Å². The minimum Gasteiger partial charge on any atom is -0.408 e. The largest absolute Gasteiger partial charge is 0.420 e. The molecule has 3 heterocycles. The van der Waals surface area contributed by atoms with Gasteiger partial charge in [0.1, 0.15) is 0 Å². The second-order valence-electron chi connectivity index (χ2n) is 9.86. The van der Waals surface area contributed by atoms with E-state index in [2.05, 4.69) is 18.7 Å². The summed E-state index contributed by atoms with van der Waals surface area (Å²) in [7, 11) is 0. The van der Waals surface area contributed by atoms with E-state index in [1.54, 1.807) is 0 Å². The van der Waals surface area contributed by atoms with Crippen molar-refractivity contribution in [2.45, 2.75) is 70.2 Å². The van der Waals surface area contributed by atoms with Gasteiger partial charge in [0.25, 0.3) is 0 Å². The third kappa shape index (κ3) is 3.66. The van der Waals surface area contributed by atoms with Crippen molar-refractivity contribution < 1.29 is 13.9 Å². The van der Waals surface area contributed by atoms with Crippen molar-refractivity contribution in [1.29, 1.82) is 0 Å². The highest BCUT2D eigenvalue weighted by Gasteiger charge is 2.44. The Kier molecular flexibility index (Phi) is 4.84. The molecule has 3 aliphatic rings. The highest BCUT2D eigenvalue weighted by atomic mass is 16.7. The van der Waals surface area contributed by atoms with E-state index in [0.717, 1.165) is 70.3 Å². The topological polar surface area (TPSA) is 56.8 Å². The Balaban J connectivity index is 1.19. The van der Waals surface area contributed by atoms with Crippen LogP contribution in [0.3, 0.4) is 0 Å². The molecule has 1 spiro atoms. The lowest BCUT2D eigenvalue weighted by molar-refractivity contribution is -0.312. The van der Waals surface area contributed by atoms with Crippen LogP contribution in [-0.4, -0.2) is 47.6 Å². The van der Waals surface area contributed by atoms with Crippen LogP contribution in [0.5, 0.6) is 0 Å². The predicted molar refractivity (Wildman–Crippen MR) is 111 cm³/mol. The molecule has 6 nitrogen and oxygen atoms in total. The normalized spacial score (nSPS) is 26.3. The molecule has 0 radical (unpaired) electrons. The van der Waals surface area contributed by atoms with Crippen molar-refractivity contribution in [3.05, 3.63) is 34.8 Å². The lowest BCUT2D eigenvalue weighted by Gasteiger charge is -2.49. The molecule has 2 aromatic rings. The predicted octanol–water partition coefficient (Wildman–Crippen LogP) is 3.94. The number of hydrogen-bond acceptors (Lipinski definition) is 5. The van der Waals surface area contributed by atoms with Gasteiger partial charge in [-0.1, -0.05) is 26.0 Å². The SMILES string of the molecule is CC1(C)COC2(CCC(N3CCC(n4c(=O)oc5ccccc54)CC3)CC2)OC1. The first-order valence-electron chi connectivity index (χ1n) is 11.1. The van der Waals surface area contributed by atoms with Crippen LogP contribution < -0.4 is 5.76 Å². The number of para-hydroxylation sites is 2. The highest BCUT2D eigenvalue weighted by molar-refractivity contribution is 5.72. The Labute approximate surface area is 171 Å². The number of rotatable bonds is 2. The molecule has 0 atom stereocenters. The molecule has 1 saturated carbocycles. The number of nitrogens with zero attached hydrogens (tertiary/aromatic N) is 2. The molecule has 0 unspecified atom stereocenters. The molecule has 3 fully saturated rings. The van der Waals surface area contributed by atoms with E-state index in [4.69, 9.17) is 13.9 Å². The van der Waals surface area contributed by atoms with Crippen LogP contribution in [0.2, 0.25) is 0 Å². The second-order valence-corrected chi connectivity index (χ2v) is 9.86. The molecule has 0 amide bonds. The summed E-state index contributed by atoms with van der Waals surface area (Å²) in [5.41, 5.74) is 1.73. The van der Waals surface area contributed by atoms with Crippen LogP contribution in [0.4, 0.5) is 0 Å².